The van der Waals surface area contributed by atoms with Crippen molar-refractivity contribution in [2.24, 2.45) is 0 Å². The average Bonchev–Trinajstić information content (AvgIpc) is 2.41. The lowest BCUT2D eigenvalue weighted by Gasteiger charge is -2.36. The average molecular weight is 321 g/mol. The number of methoxy groups -OCH3 is 1. The second-order valence-corrected chi connectivity index (χ2v) is 6.74. The topological polar surface area (TPSA) is 58.6 Å². The molecule has 20 heavy (non-hydrogen) atoms. The molecule has 1 aliphatic heterocycles. The molecule has 7 heteroatoms. The molecule has 1 heterocycles. The third-order valence-corrected chi connectivity index (χ3v) is 5.38. The molecule has 2 atom stereocenters. The van der Waals surface area contributed by atoms with Crippen LogP contribution in [0.1, 0.15) is 13.8 Å². The number of sulfonamides is 1. The summed E-state index contributed by atoms with van der Waals surface area (Å²) in [5, 5.41) is 3.28. The minimum Gasteiger partial charge on any atom is -0.495 e. The number of para-hydroxylation sites is 1. The Labute approximate surface area is 126 Å². The van der Waals surface area contributed by atoms with E-state index >= 15 is 0 Å². The van der Waals surface area contributed by atoms with E-state index in [0.717, 1.165) is 0 Å². The van der Waals surface area contributed by atoms with Gasteiger partial charge < -0.3 is 10.1 Å². The highest BCUT2D eigenvalue weighted by Gasteiger charge is 2.34. The zero-order chi connectivity index (χ0) is 14.0. The molecule has 2 unspecified atom stereocenters. The first-order valence-electron chi connectivity index (χ1n) is 6.35. The summed E-state index contributed by atoms with van der Waals surface area (Å²) in [6, 6.07) is 6.83. The molecule has 0 amide bonds. The maximum absolute atomic E-state index is 12.7. The molecule has 1 N–H and O–H groups in total. The van der Waals surface area contributed by atoms with Crippen molar-refractivity contribution < 1.29 is 13.2 Å². The molecule has 0 aliphatic carbocycles. The van der Waals surface area contributed by atoms with E-state index in [-0.39, 0.29) is 29.4 Å². The first kappa shape index (κ1) is 17.2. The van der Waals surface area contributed by atoms with E-state index < -0.39 is 10.0 Å². The minimum absolute atomic E-state index is 0. The molecule has 1 aromatic rings. The van der Waals surface area contributed by atoms with Crippen molar-refractivity contribution in [3.63, 3.8) is 0 Å². The molecule has 0 spiro atoms. The summed E-state index contributed by atoms with van der Waals surface area (Å²) in [4.78, 5) is 0.235. The van der Waals surface area contributed by atoms with Crippen molar-refractivity contribution in [3.05, 3.63) is 24.3 Å². The van der Waals surface area contributed by atoms with Crippen molar-refractivity contribution in [1.82, 2.24) is 9.62 Å². The standard InChI is InChI=1S/C13H20N2O3S.ClH/c1-10-9-15(11(2)8-14-10)19(16,17)13-7-5-4-6-12(13)18-3;/h4-7,10-11,14H,8-9H2,1-3H3;1H. The molecule has 0 bridgehead atoms. The fourth-order valence-electron chi connectivity index (χ4n) is 2.28. The van der Waals surface area contributed by atoms with E-state index in [0.29, 0.717) is 18.8 Å². The SMILES string of the molecule is COc1ccccc1S(=O)(=O)N1CC(C)NCC1C.Cl. The number of rotatable bonds is 3. The molecular formula is C13H21ClN2O3S. The van der Waals surface area contributed by atoms with Crippen LogP contribution in [-0.2, 0) is 10.0 Å². The summed E-state index contributed by atoms with van der Waals surface area (Å²) in [7, 11) is -2.03. The molecule has 0 saturated carbocycles. The van der Waals surface area contributed by atoms with E-state index in [4.69, 9.17) is 4.74 Å². The van der Waals surface area contributed by atoms with Crippen LogP contribution in [0.4, 0.5) is 0 Å². The Morgan fingerprint density at radius 2 is 1.95 bits per heavy atom. The summed E-state index contributed by atoms with van der Waals surface area (Å²) < 4.78 is 32.2. The molecule has 0 aromatic heterocycles. The van der Waals surface area contributed by atoms with Gasteiger partial charge in [-0.2, -0.15) is 4.31 Å². The van der Waals surface area contributed by atoms with Gasteiger partial charge in [0.1, 0.15) is 10.6 Å². The Kier molecular flexibility index (Phi) is 5.82. The van der Waals surface area contributed by atoms with Crippen LogP contribution >= 0.6 is 12.4 Å². The van der Waals surface area contributed by atoms with Crippen molar-refractivity contribution in [1.29, 1.82) is 0 Å². The molecular weight excluding hydrogens is 300 g/mol. The minimum atomic E-state index is -3.52. The lowest BCUT2D eigenvalue weighted by Crippen LogP contribution is -2.56. The van der Waals surface area contributed by atoms with Crippen molar-refractivity contribution >= 4 is 22.4 Å². The maximum Gasteiger partial charge on any atom is 0.247 e. The van der Waals surface area contributed by atoms with Gasteiger partial charge in [-0.3, -0.25) is 0 Å². The fraction of sp³-hybridized carbons (Fsp3) is 0.538. The lowest BCUT2D eigenvalue weighted by atomic mass is 10.2. The summed E-state index contributed by atoms with van der Waals surface area (Å²) in [6.07, 6.45) is 0. The van der Waals surface area contributed by atoms with Gasteiger partial charge in [0.2, 0.25) is 10.0 Å². The van der Waals surface area contributed by atoms with Crippen LogP contribution in [0.15, 0.2) is 29.2 Å². The molecule has 5 nitrogen and oxygen atoms in total. The summed E-state index contributed by atoms with van der Waals surface area (Å²) >= 11 is 0. The third kappa shape index (κ3) is 3.25. The van der Waals surface area contributed by atoms with Gasteiger partial charge in [-0.25, -0.2) is 8.42 Å². The van der Waals surface area contributed by atoms with Crippen LogP contribution < -0.4 is 10.1 Å². The normalized spacial score (nSPS) is 23.9. The molecule has 2 rings (SSSR count). The Balaban J connectivity index is 0.00000200. The summed E-state index contributed by atoms with van der Waals surface area (Å²) in [5.41, 5.74) is 0. The first-order valence-corrected chi connectivity index (χ1v) is 7.79. The lowest BCUT2D eigenvalue weighted by molar-refractivity contribution is 0.244. The predicted molar refractivity (Wildman–Crippen MR) is 81.1 cm³/mol. The number of nitrogens with zero attached hydrogens (tertiary/aromatic N) is 1. The first-order chi connectivity index (χ1) is 8.96. The van der Waals surface area contributed by atoms with Crippen LogP contribution in [0, 0.1) is 0 Å². The molecule has 0 radical (unpaired) electrons. The predicted octanol–water partition coefficient (Wildman–Crippen LogP) is 1.49. The van der Waals surface area contributed by atoms with E-state index in [9.17, 15) is 8.42 Å². The van der Waals surface area contributed by atoms with Crippen LogP contribution in [0.2, 0.25) is 0 Å². The number of nitrogens with one attached hydrogen (secondary N) is 1. The van der Waals surface area contributed by atoms with Gasteiger partial charge >= 0.3 is 0 Å². The van der Waals surface area contributed by atoms with Gasteiger partial charge in [-0.15, -0.1) is 12.4 Å². The van der Waals surface area contributed by atoms with Gasteiger partial charge in [0, 0.05) is 25.2 Å². The number of hydrogen-bond acceptors (Lipinski definition) is 4. The van der Waals surface area contributed by atoms with Crippen molar-refractivity contribution in [2.75, 3.05) is 20.2 Å². The molecule has 114 valence electrons. The largest absolute Gasteiger partial charge is 0.495 e. The zero-order valence-corrected chi connectivity index (χ0v) is 13.5. The van der Waals surface area contributed by atoms with Crippen LogP contribution in [0.5, 0.6) is 5.75 Å². The molecule has 1 saturated heterocycles. The fourth-order valence-corrected chi connectivity index (χ4v) is 4.16. The smallest absolute Gasteiger partial charge is 0.247 e. The van der Waals surface area contributed by atoms with Crippen LogP contribution in [-0.4, -0.2) is 45.0 Å². The summed E-state index contributed by atoms with van der Waals surface area (Å²) in [5.74, 6) is 0.390. The van der Waals surface area contributed by atoms with Gasteiger partial charge in [-0.05, 0) is 26.0 Å². The van der Waals surface area contributed by atoms with Gasteiger partial charge in [0.15, 0.2) is 0 Å². The number of ether oxygens (including phenoxy) is 1. The van der Waals surface area contributed by atoms with Crippen LogP contribution in [0.3, 0.4) is 0 Å². The van der Waals surface area contributed by atoms with Gasteiger partial charge in [0.25, 0.3) is 0 Å². The summed E-state index contributed by atoms with van der Waals surface area (Å²) in [6.45, 7) is 5.03. The van der Waals surface area contributed by atoms with Crippen molar-refractivity contribution in [3.8, 4) is 5.75 Å². The monoisotopic (exact) mass is 320 g/mol. The highest BCUT2D eigenvalue weighted by atomic mass is 35.5. The Morgan fingerprint density at radius 1 is 1.30 bits per heavy atom. The molecule has 1 fully saturated rings. The number of piperazine rings is 1. The quantitative estimate of drug-likeness (QED) is 0.916. The Hall–Kier alpha value is -0.820. The number of hydrogen-bond donors (Lipinski definition) is 1. The highest BCUT2D eigenvalue weighted by Crippen LogP contribution is 2.28. The third-order valence-electron chi connectivity index (χ3n) is 3.36. The van der Waals surface area contributed by atoms with Gasteiger partial charge in [-0.1, -0.05) is 12.1 Å². The van der Waals surface area contributed by atoms with Gasteiger partial charge in [0.05, 0.1) is 7.11 Å². The highest BCUT2D eigenvalue weighted by molar-refractivity contribution is 7.89. The Bertz CT molecular complexity index is 550. The number of halogens is 1. The Morgan fingerprint density at radius 3 is 2.60 bits per heavy atom. The zero-order valence-electron chi connectivity index (χ0n) is 11.9. The molecule has 1 aromatic carbocycles. The second-order valence-electron chi connectivity index (χ2n) is 4.88. The van der Waals surface area contributed by atoms with E-state index in [1.165, 1.54) is 7.11 Å². The van der Waals surface area contributed by atoms with Crippen LogP contribution in [0.25, 0.3) is 0 Å². The van der Waals surface area contributed by atoms with Crippen molar-refractivity contribution in [2.45, 2.75) is 30.8 Å². The van der Waals surface area contributed by atoms with E-state index in [1.54, 1.807) is 28.6 Å². The molecule has 1 aliphatic rings. The maximum atomic E-state index is 12.7. The second kappa shape index (κ2) is 6.76. The van der Waals surface area contributed by atoms with E-state index in [2.05, 4.69) is 5.32 Å². The number of benzene rings is 1. The van der Waals surface area contributed by atoms with E-state index in [1.807, 2.05) is 13.8 Å².